The van der Waals surface area contributed by atoms with E-state index in [1.807, 2.05) is 0 Å². The minimum atomic E-state index is -2.93. The number of nitrogens with one attached hydrogen (secondary N) is 1. The van der Waals surface area contributed by atoms with E-state index in [-0.39, 0.29) is 33.7 Å². The lowest BCUT2D eigenvalue weighted by Crippen LogP contribution is -2.58. The summed E-state index contributed by atoms with van der Waals surface area (Å²) in [5.41, 5.74) is 7.02. The van der Waals surface area contributed by atoms with E-state index >= 15 is 4.39 Å². The molecule has 214 valence electrons. The van der Waals surface area contributed by atoms with Gasteiger partial charge in [0.1, 0.15) is 16.9 Å². The van der Waals surface area contributed by atoms with E-state index < -0.39 is 42.6 Å². The maximum absolute atomic E-state index is 16.1. The van der Waals surface area contributed by atoms with Crippen LogP contribution >= 0.6 is 0 Å². The fourth-order valence-corrected chi connectivity index (χ4v) is 6.12. The molecule has 1 saturated heterocycles. The van der Waals surface area contributed by atoms with Gasteiger partial charge in [0.15, 0.2) is 11.6 Å². The Hall–Kier alpha value is -4.22. The number of nitrogens with two attached hydrogens (primary N) is 1. The zero-order chi connectivity index (χ0) is 29.1. The van der Waals surface area contributed by atoms with Crippen molar-refractivity contribution < 1.29 is 27.3 Å². The highest BCUT2D eigenvalue weighted by Crippen LogP contribution is 2.43. The van der Waals surface area contributed by atoms with Crippen LogP contribution in [-0.2, 0) is 0 Å². The largest absolute Gasteiger partial charge is 0.365 e. The van der Waals surface area contributed by atoms with Crippen molar-refractivity contribution in [3.8, 4) is 11.1 Å². The Kier molecular flexibility index (Phi) is 6.58. The number of amides is 2. The summed E-state index contributed by atoms with van der Waals surface area (Å²) in [6.07, 6.45) is 6.38. The second-order valence-electron chi connectivity index (χ2n) is 11.3. The summed E-state index contributed by atoms with van der Waals surface area (Å²) < 4.78 is 48.7. The minimum absolute atomic E-state index is 0.0290. The molecule has 2 aliphatic rings. The van der Waals surface area contributed by atoms with Crippen LogP contribution in [0.5, 0.6) is 0 Å². The maximum atomic E-state index is 16.1. The molecular formula is C29H29F3N6O3. The van der Waals surface area contributed by atoms with Gasteiger partial charge in [0.05, 0.1) is 35.8 Å². The van der Waals surface area contributed by atoms with Crippen molar-refractivity contribution in [1.29, 1.82) is 0 Å². The summed E-state index contributed by atoms with van der Waals surface area (Å²) in [4.78, 5) is 38.3. The van der Waals surface area contributed by atoms with Gasteiger partial charge < -0.3 is 20.1 Å². The molecule has 1 aliphatic carbocycles. The smallest absolute Gasteiger partial charge is 0.282 e. The number of H-pyrrole nitrogens is 1. The maximum Gasteiger partial charge on any atom is 0.282 e. The van der Waals surface area contributed by atoms with E-state index in [1.54, 1.807) is 13.0 Å². The van der Waals surface area contributed by atoms with E-state index in [2.05, 4.69) is 27.0 Å². The quantitative estimate of drug-likeness (QED) is 0.330. The molecule has 0 unspecified atom stereocenters. The van der Waals surface area contributed by atoms with Crippen molar-refractivity contribution >= 4 is 22.8 Å². The molecule has 41 heavy (non-hydrogen) atoms. The molecule has 2 amide bonds. The fourth-order valence-electron chi connectivity index (χ4n) is 6.12. The zero-order valence-corrected chi connectivity index (χ0v) is 22.6. The molecule has 0 spiro atoms. The van der Waals surface area contributed by atoms with Crippen molar-refractivity contribution in [2.24, 2.45) is 17.6 Å². The predicted molar refractivity (Wildman–Crippen MR) is 143 cm³/mol. The third-order valence-electron chi connectivity index (χ3n) is 8.33. The van der Waals surface area contributed by atoms with Crippen LogP contribution in [0, 0.1) is 24.6 Å². The molecule has 1 aliphatic heterocycles. The number of fused-ring (bicyclic) bond motifs is 1. The SMILES string of the molecule is Cc1noc([C@H](c2nc3c(F)c(-c4cnccc4C(=O)N4CC(F)(F)C4)ccc3[nH]2)C2CCC(C)CC2)c1C(N)=O. The summed E-state index contributed by atoms with van der Waals surface area (Å²) >= 11 is 0. The number of aryl methyl sites for hydroxylation is 1. The van der Waals surface area contributed by atoms with E-state index in [9.17, 15) is 18.4 Å². The van der Waals surface area contributed by atoms with Gasteiger partial charge in [-0.25, -0.2) is 18.2 Å². The Bertz CT molecular complexity index is 1650. The number of alkyl halides is 2. The number of primary amides is 1. The van der Waals surface area contributed by atoms with Crippen LogP contribution in [0.15, 0.2) is 35.1 Å². The lowest BCUT2D eigenvalue weighted by atomic mass is 9.74. The van der Waals surface area contributed by atoms with Crippen molar-refractivity contribution in [3.05, 3.63) is 64.8 Å². The number of aromatic amines is 1. The minimum Gasteiger partial charge on any atom is -0.365 e. The van der Waals surface area contributed by atoms with Gasteiger partial charge in [0.25, 0.3) is 17.7 Å². The monoisotopic (exact) mass is 566 g/mol. The molecule has 3 aromatic heterocycles. The molecule has 9 nitrogen and oxygen atoms in total. The number of carbonyl (C=O) groups is 2. The second kappa shape index (κ2) is 10.0. The van der Waals surface area contributed by atoms with E-state index in [4.69, 9.17) is 10.3 Å². The third kappa shape index (κ3) is 4.74. The molecule has 1 saturated carbocycles. The average Bonchev–Trinajstić information content (AvgIpc) is 3.53. The van der Waals surface area contributed by atoms with Gasteiger partial charge >= 0.3 is 0 Å². The lowest BCUT2D eigenvalue weighted by Gasteiger charge is -2.38. The van der Waals surface area contributed by atoms with Gasteiger partial charge in [-0.15, -0.1) is 0 Å². The van der Waals surface area contributed by atoms with Gasteiger partial charge in [0.2, 0.25) is 0 Å². The number of rotatable bonds is 6. The van der Waals surface area contributed by atoms with Gasteiger partial charge in [-0.05, 0) is 49.8 Å². The number of hydrogen-bond acceptors (Lipinski definition) is 6. The first kappa shape index (κ1) is 27.0. The normalized spacial score (nSPS) is 21.0. The Morgan fingerprint density at radius 2 is 1.88 bits per heavy atom. The predicted octanol–water partition coefficient (Wildman–Crippen LogP) is 5.21. The van der Waals surface area contributed by atoms with Crippen molar-refractivity contribution in [1.82, 2.24) is 25.0 Å². The van der Waals surface area contributed by atoms with Gasteiger partial charge in [-0.2, -0.15) is 0 Å². The molecule has 1 aromatic carbocycles. The van der Waals surface area contributed by atoms with Gasteiger partial charge in [-0.1, -0.05) is 24.9 Å². The first-order valence-corrected chi connectivity index (χ1v) is 13.6. The Balaban J connectivity index is 1.43. The number of pyridine rings is 1. The molecule has 12 heteroatoms. The lowest BCUT2D eigenvalue weighted by molar-refractivity contribution is -0.113. The number of nitrogens with zero attached hydrogens (tertiary/aromatic N) is 4. The first-order chi connectivity index (χ1) is 19.5. The molecule has 4 aromatic rings. The molecule has 2 fully saturated rings. The third-order valence-corrected chi connectivity index (χ3v) is 8.33. The van der Waals surface area contributed by atoms with E-state index in [1.165, 1.54) is 24.5 Å². The standard InChI is InChI=1S/C29H29F3N6O3/c1-14-3-5-16(6-4-14)22(25-21(26(33)39)15(2)37-41-25)27-35-20-8-7-17(23(30)24(20)36-27)19-11-34-10-9-18(19)28(40)38-12-29(31,32)13-38/h7-11,14,16,22H,3-6,12-13H2,1-2H3,(H2,33,39)(H,35,36)/t14?,16?,22-/m1/s1. The molecular weight excluding hydrogens is 537 g/mol. The molecule has 6 rings (SSSR count). The number of hydrogen-bond donors (Lipinski definition) is 2. The van der Waals surface area contributed by atoms with Crippen LogP contribution in [0.2, 0.25) is 0 Å². The number of imidazole rings is 1. The van der Waals surface area contributed by atoms with Crippen LogP contribution < -0.4 is 5.73 Å². The van der Waals surface area contributed by atoms with Crippen molar-refractivity contribution in [2.45, 2.75) is 51.4 Å². The highest BCUT2D eigenvalue weighted by molar-refractivity contribution is 6.02. The molecule has 0 radical (unpaired) electrons. The van der Waals surface area contributed by atoms with E-state index in [0.29, 0.717) is 28.7 Å². The topological polar surface area (TPSA) is 131 Å². The molecule has 3 N–H and O–H groups in total. The Labute approximate surface area is 233 Å². The summed E-state index contributed by atoms with van der Waals surface area (Å²) in [6.45, 7) is 2.47. The summed E-state index contributed by atoms with van der Waals surface area (Å²) in [7, 11) is 0. The van der Waals surface area contributed by atoms with Gasteiger partial charge in [0, 0.05) is 23.5 Å². The van der Waals surface area contributed by atoms with Crippen molar-refractivity contribution in [3.63, 3.8) is 0 Å². The van der Waals surface area contributed by atoms with Crippen LogP contribution in [-0.4, -0.2) is 55.8 Å². The highest BCUT2D eigenvalue weighted by Gasteiger charge is 2.47. The van der Waals surface area contributed by atoms with Crippen LogP contribution in [0.25, 0.3) is 22.2 Å². The highest BCUT2D eigenvalue weighted by atomic mass is 19.3. The number of carbonyl (C=O) groups excluding carboxylic acids is 2. The fraction of sp³-hybridized carbons (Fsp3) is 0.414. The number of benzene rings is 1. The molecule has 4 heterocycles. The zero-order valence-electron chi connectivity index (χ0n) is 22.6. The van der Waals surface area contributed by atoms with Gasteiger partial charge in [-0.3, -0.25) is 14.6 Å². The van der Waals surface area contributed by atoms with Crippen molar-refractivity contribution in [2.75, 3.05) is 13.1 Å². The summed E-state index contributed by atoms with van der Waals surface area (Å²) in [5, 5.41) is 4.00. The second-order valence-corrected chi connectivity index (χ2v) is 11.3. The number of aromatic nitrogens is 4. The molecule has 1 atom stereocenters. The van der Waals surface area contributed by atoms with Crippen LogP contribution in [0.3, 0.4) is 0 Å². The van der Waals surface area contributed by atoms with Crippen LogP contribution in [0.1, 0.15) is 76.5 Å². The van der Waals surface area contributed by atoms with E-state index in [0.717, 1.165) is 30.6 Å². The number of halogens is 3. The summed E-state index contributed by atoms with van der Waals surface area (Å²) in [6, 6.07) is 4.54. The van der Waals surface area contributed by atoms with Crippen LogP contribution in [0.4, 0.5) is 13.2 Å². The first-order valence-electron chi connectivity index (χ1n) is 13.6. The Morgan fingerprint density at radius 3 is 2.56 bits per heavy atom. The summed E-state index contributed by atoms with van der Waals surface area (Å²) in [5.74, 6) is -4.08. The Morgan fingerprint density at radius 1 is 1.15 bits per heavy atom. The average molecular weight is 567 g/mol. The molecule has 0 bridgehead atoms. The number of likely N-dealkylation sites (tertiary alicyclic amines) is 1.